The molecule has 26 heavy (non-hydrogen) atoms. The lowest BCUT2D eigenvalue weighted by Gasteiger charge is -2.24. The number of hydrogen-bond donors (Lipinski definition) is 3. The van der Waals surface area contributed by atoms with Gasteiger partial charge in [-0.05, 0) is 31.5 Å². The molecule has 0 saturated carbocycles. The number of hydrogen-bond acceptors (Lipinski definition) is 5. The summed E-state index contributed by atoms with van der Waals surface area (Å²) >= 11 is 5.97. The van der Waals surface area contributed by atoms with Gasteiger partial charge in [0.15, 0.2) is 11.5 Å². The number of imidazole rings is 1. The van der Waals surface area contributed by atoms with Crippen molar-refractivity contribution in [3.8, 4) is 11.3 Å². The molecule has 0 spiro atoms. The number of halogens is 1. The lowest BCUT2D eigenvalue weighted by Crippen LogP contribution is -2.38. The molecule has 0 bridgehead atoms. The van der Waals surface area contributed by atoms with Crippen LogP contribution in [-0.2, 0) is 0 Å². The number of carbonyl (C=O) groups is 1. The maximum atomic E-state index is 11.8. The summed E-state index contributed by atoms with van der Waals surface area (Å²) in [5.41, 5.74) is 8.00. The zero-order chi connectivity index (χ0) is 18.1. The molecule has 1 aromatic carbocycles. The Labute approximate surface area is 155 Å². The third-order valence-electron chi connectivity index (χ3n) is 4.52. The first-order chi connectivity index (χ1) is 12.6. The van der Waals surface area contributed by atoms with E-state index in [1.807, 2.05) is 12.1 Å². The molecule has 0 aliphatic carbocycles. The molecular weight excluding hydrogens is 352 g/mol. The summed E-state index contributed by atoms with van der Waals surface area (Å²) in [5.74, 6) is 0.0948. The Bertz CT molecular complexity index is 946. The van der Waals surface area contributed by atoms with E-state index < -0.39 is 5.91 Å². The molecule has 0 unspecified atom stereocenters. The van der Waals surface area contributed by atoms with Crippen LogP contribution >= 0.6 is 11.6 Å². The van der Waals surface area contributed by atoms with E-state index in [-0.39, 0.29) is 6.04 Å². The minimum Gasteiger partial charge on any atom is -0.364 e. The van der Waals surface area contributed by atoms with Crippen molar-refractivity contribution in [2.24, 2.45) is 5.73 Å². The van der Waals surface area contributed by atoms with E-state index in [0.29, 0.717) is 22.2 Å². The molecule has 7 nitrogen and oxygen atoms in total. The van der Waals surface area contributed by atoms with E-state index >= 15 is 0 Å². The Morgan fingerprint density at radius 2 is 2.15 bits per heavy atom. The summed E-state index contributed by atoms with van der Waals surface area (Å²) in [7, 11) is 0. The van der Waals surface area contributed by atoms with Crippen LogP contribution in [-0.4, -0.2) is 39.4 Å². The lowest BCUT2D eigenvalue weighted by atomic mass is 10.1. The topological polar surface area (TPSA) is 97.3 Å². The highest BCUT2D eigenvalue weighted by atomic mass is 35.5. The van der Waals surface area contributed by atoms with E-state index in [0.717, 1.165) is 37.2 Å². The molecule has 1 fully saturated rings. The first-order valence-corrected chi connectivity index (χ1v) is 8.91. The van der Waals surface area contributed by atoms with Crippen LogP contribution in [0.15, 0.2) is 36.7 Å². The first kappa shape index (κ1) is 16.8. The van der Waals surface area contributed by atoms with Crippen LogP contribution < -0.4 is 16.4 Å². The third kappa shape index (κ3) is 3.23. The monoisotopic (exact) mass is 370 g/mol. The Kier molecular flexibility index (Phi) is 4.48. The van der Waals surface area contributed by atoms with Crippen LogP contribution in [0.25, 0.3) is 16.9 Å². The van der Waals surface area contributed by atoms with Crippen molar-refractivity contribution in [3.63, 3.8) is 0 Å². The quantitative estimate of drug-likeness (QED) is 0.654. The fraction of sp³-hybridized carbons (Fsp3) is 0.278. The highest BCUT2D eigenvalue weighted by Gasteiger charge is 2.19. The molecule has 8 heteroatoms. The average molecular weight is 371 g/mol. The van der Waals surface area contributed by atoms with Gasteiger partial charge in [-0.1, -0.05) is 23.7 Å². The Balaban J connectivity index is 1.78. The summed E-state index contributed by atoms with van der Waals surface area (Å²) in [4.78, 5) is 20.9. The van der Waals surface area contributed by atoms with Gasteiger partial charge in [0.2, 0.25) is 0 Å². The number of rotatable bonds is 4. The van der Waals surface area contributed by atoms with Crippen LogP contribution in [0.3, 0.4) is 0 Å². The number of fused-ring (bicyclic) bond motifs is 1. The van der Waals surface area contributed by atoms with E-state index in [4.69, 9.17) is 17.3 Å². The van der Waals surface area contributed by atoms with Crippen molar-refractivity contribution < 1.29 is 4.79 Å². The molecule has 3 heterocycles. The number of aromatic nitrogens is 3. The van der Waals surface area contributed by atoms with Crippen molar-refractivity contribution >= 4 is 29.0 Å². The molecule has 134 valence electrons. The van der Waals surface area contributed by atoms with Gasteiger partial charge in [0.05, 0.1) is 11.9 Å². The van der Waals surface area contributed by atoms with Gasteiger partial charge in [-0.2, -0.15) is 0 Å². The van der Waals surface area contributed by atoms with Crippen molar-refractivity contribution in [2.75, 3.05) is 18.4 Å². The van der Waals surface area contributed by atoms with Crippen molar-refractivity contribution in [3.05, 3.63) is 47.4 Å². The second kappa shape index (κ2) is 6.93. The molecular formula is C18H19ClN6O. The molecule has 3 aromatic rings. The molecule has 0 radical (unpaired) electrons. The fourth-order valence-corrected chi connectivity index (χ4v) is 3.31. The predicted molar refractivity (Wildman–Crippen MR) is 101 cm³/mol. The molecule has 4 N–H and O–H groups in total. The normalized spacial score (nSPS) is 17.3. The van der Waals surface area contributed by atoms with Crippen LogP contribution in [0.4, 0.5) is 5.82 Å². The minimum absolute atomic E-state index is 0.273. The second-order valence-electron chi connectivity index (χ2n) is 6.37. The summed E-state index contributed by atoms with van der Waals surface area (Å²) in [6.07, 6.45) is 5.45. The first-order valence-electron chi connectivity index (χ1n) is 8.53. The zero-order valence-corrected chi connectivity index (χ0v) is 14.8. The lowest BCUT2D eigenvalue weighted by molar-refractivity contribution is 0.0994. The third-order valence-corrected chi connectivity index (χ3v) is 4.78. The average Bonchev–Trinajstić information content (AvgIpc) is 3.09. The van der Waals surface area contributed by atoms with Crippen LogP contribution in [0.1, 0.15) is 23.3 Å². The summed E-state index contributed by atoms with van der Waals surface area (Å²) < 4.78 is 1.69. The number of carbonyl (C=O) groups excluding carboxylic acids is 1. The standard InChI is InChI=1S/C18H19ClN6O/c19-12-5-3-11(4-6-12)14-10-25-15(16(20)26)9-22-17(18(25)24-14)23-13-2-1-7-21-8-13/h3-6,9-10,13,21H,1-2,7-8H2,(H2,20,26)(H,22,23)/t13-/m1/s1. The Hall–Kier alpha value is -2.64. The van der Waals surface area contributed by atoms with E-state index in [1.165, 1.54) is 6.20 Å². The number of nitrogens with one attached hydrogen (secondary N) is 2. The van der Waals surface area contributed by atoms with E-state index in [2.05, 4.69) is 20.6 Å². The Morgan fingerprint density at radius 1 is 1.35 bits per heavy atom. The molecule has 1 amide bonds. The molecule has 1 aliphatic rings. The SMILES string of the molecule is NC(=O)c1cnc(N[C@@H]2CCCNC2)c2nc(-c3ccc(Cl)cc3)cn12. The number of anilines is 1. The highest BCUT2D eigenvalue weighted by Crippen LogP contribution is 2.25. The van der Waals surface area contributed by atoms with E-state index in [9.17, 15) is 4.79 Å². The Morgan fingerprint density at radius 3 is 2.85 bits per heavy atom. The number of amides is 1. The highest BCUT2D eigenvalue weighted by molar-refractivity contribution is 6.30. The largest absolute Gasteiger partial charge is 0.364 e. The molecule has 1 aliphatic heterocycles. The molecule has 2 aromatic heterocycles. The minimum atomic E-state index is -0.548. The van der Waals surface area contributed by atoms with Gasteiger partial charge >= 0.3 is 0 Å². The number of primary amides is 1. The van der Waals surface area contributed by atoms with Crippen molar-refractivity contribution in [1.29, 1.82) is 0 Å². The van der Waals surface area contributed by atoms with Crippen molar-refractivity contribution in [2.45, 2.75) is 18.9 Å². The number of benzene rings is 1. The second-order valence-corrected chi connectivity index (χ2v) is 6.81. The van der Waals surface area contributed by atoms with Crippen molar-refractivity contribution in [1.82, 2.24) is 19.7 Å². The summed E-state index contributed by atoms with van der Waals surface area (Å²) in [6, 6.07) is 7.66. The zero-order valence-electron chi connectivity index (χ0n) is 14.1. The molecule has 1 atom stereocenters. The van der Waals surface area contributed by atoms with Gasteiger partial charge in [-0.25, -0.2) is 9.97 Å². The predicted octanol–water partition coefficient (Wildman–Crippen LogP) is 2.31. The van der Waals surface area contributed by atoms with Gasteiger partial charge in [0.1, 0.15) is 5.69 Å². The fourth-order valence-electron chi connectivity index (χ4n) is 3.19. The van der Waals surface area contributed by atoms with Crippen LogP contribution in [0.5, 0.6) is 0 Å². The van der Waals surface area contributed by atoms with Gasteiger partial charge in [-0.3, -0.25) is 9.20 Å². The van der Waals surface area contributed by atoms with E-state index in [1.54, 1.807) is 22.7 Å². The summed E-state index contributed by atoms with van der Waals surface area (Å²) in [5, 5.41) is 7.46. The number of piperidine rings is 1. The van der Waals surface area contributed by atoms with Gasteiger partial charge in [0, 0.05) is 29.4 Å². The van der Waals surface area contributed by atoms with Gasteiger partial charge in [-0.15, -0.1) is 0 Å². The number of nitrogens with zero attached hydrogens (tertiary/aromatic N) is 3. The van der Waals surface area contributed by atoms with Crippen LogP contribution in [0, 0.1) is 0 Å². The van der Waals surface area contributed by atoms with Gasteiger partial charge in [0.25, 0.3) is 5.91 Å². The number of nitrogens with two attached hydrogens (primary N) is 1. The maximum Gasteiger partial charge on any atom is 0.267 e. The summed E-state index contributed by atoms with van der Waals surface area (Å²) in [6.45, 7) is 1.90. The molecule has 1 saturated heterocycles. The van der Waals surface area contributed by atoms with Gasteiger partial charge < -0.3 is 16.4 Å². The smallest absolute Gasteiger partial charge is 0.267 e. The van der Waals surface area contributed by atoms with Crippen LogP contribution in [0.2, 0.25) is 5.02 Å². The molecule has 4 rings (SSSR count). The maximum absolute atomic E-state index is 11.8.